The van der Waals surface area contributed by atoms with E-state index in [4.69, 9.17) is 0 Å². The van der Waals surface area contributed by atoms with E-state index in [1.807, 2.05) is 50.2 Å². The van der Waals surface area contributed by atoms with Gasteiger partial charge in [0.1, 0.15) is 11.5 Å². The second-order valence-corrected chi connectivity index (χ2v) is 6.49. The first-order valence-corrected chi connectivity index (χ1v) is 8.29. The lowest BCUT2D eigenvalue weighted by Crippen LogP contribution is -2.35. The van der Waals surface area contributed by atoms with Gasteiger partial charge in [0, 0.05) is 17.2 Å². The number of aromatic nitrogens is 2. The topological polar surface area (TPSA) is 49.0 Å². The van der Waals surface area contributed by atoms with Gasteiger partial charge in [-0.1, -0.05) is 42.5 Å². The second-order valence-electron chi connectivity index (χ2n) is 6.49. The Kier molecular flexibility index (Phi) is 3.64. The Labute approximate surface area is 145 Å². The maximum absolute atomic E-state index is 13.8. The number of nitrogens with zero attached hydrogens (tertiary/aromatic N) is 2. The van der Waals surface area contributed by atoms with Gasteiger partial charge < -0.3 is 4.90 Å². The predicted octanol–water partition coefficient (Wildman–Crippen LogP) is 4.17. The first kappa shape index (κ1) is 15.6. The zero-order chi connectivity index (χ0) is 17.6. The summed E-state index contributed by atoms with van der Waals surface area (Å²) < 4.78 is 13.8. The third-order valence-corrected chi connectivity index (χ3v) is 4.57. The molecule has 25 heavy (non-hydrogen) atoms. The van der Waals surface area contributed by atoms with E-state index in [-0.39, 0.29) is 23.8 Å². The van der Waals surface area contributed by atoms with Crippen LogP contribution in [0.5, 0.6) is 0 Å². The number of benzene rings is 2. The van der Waals surface area contributed by atoms with Gasteiger partial charge in [0.25, 0.3) is 5.91 Å². The van der Waals surface area contributed by atoms with E-state index < -0.39 is 0 Å². The first-order chi connectivity index (χ1) is 12.1. The number of H-pyrrole nitrogens is 1. The number of amides is 1. The van der Waals surface area contributed by atoms with E-state index in [0.29, 0.717) is 5.69 Å². The molecule has 2 aromatic carbocycles. The van der Waals surface area contributed by atoms with Gasteiger partial charge in [-0.25, -0.2) is 4.39 Å². The summed E-state index contributed by atoms with van der Waals surface area (Å²) >= 11 is 0. The number of hydrogen-bond acceptors (Lipinski definition) is 2. The lowest BCUT2D eigenvalue weighted by atomic mass is 9.95. The highest BCUT2D eigenvalue weighted by molar-refractivity contribution is 6.00. The lowest BCUT2D eigenvalue weighted by Gasteiger charge is -2.29. The molecular weight excluding hydrogens is 317 g/mol. The van der Waals surface area contributed by atoms with Crippen molar-refractivity contribution in [3.63, 3.8) is 0 Å². The van der Waals surface area contributed by atoms with Gasteiger partial charge in [-0.05, 0) is 31.5 Å². The quantitative estimate of drug-likeness (QED) is 0.781. The molecule has 1 aliphatic rings. The molecule has 1 unspecified atom stereocenters. The molecule has 2 heterocycles. The molecule has 3 aromatic rings. The molecule has 4 rings (SSSR count). The van der Waals surface area contributed by atoms with Crippen LogP contribution in [0, 0.1) is 5.82 Å². The van der Waals surface area contributed by atoms with Crippen LogP contribution in [0.4, 0.5) is 4.39 Å². The third kappa shape index (κ3) is 2.43. The number of halogens is 1. The SMILES string of the molecule is CC(C)N1C(=O)c2[nH]nc(-c3ccccc3)c2C1c1cccc(F)c1. The Morgan fingerprint density at radius 1 is 1.12 bits per heavy atom. The fourth-order valence-corrected chi connectivity index (χ4v) is 3.52. The maximum Gasteiger partial charge on any atom is 0.273 e. The zero-order valence-corrected chi connectivity index (χ0v) is 14.0. The molecule has 0 bridgehead atoms. The minimum Gasteiger partial charge on any atom is -0.324 e. The summed E-state index contributed by atoms with van der Waals surface area (Å²) in [6.07, 6.45) is 0. The number of nitrogens with one attached hydrogen (secondary N) is 1. The Bertz CT molecular complexity index is 933. The Balaban J connectivity index is 1.94. The molecule has 1 N–H and O–H groups in total. The van der Waals surface area contributed by atoms with Gasteiger partial charge in [0.05, 0.1) is 11.7 Å². The molecule has 4 nitrogen and oxygen atoms in total. The van der Waals surface area contributed by atoms with Crippen molar-refractivity contribution in [1.82, 2.24) is 15.1 Å². The number of hydrogen-bond donors (Lipinski definition) is 1. The molecule has 1 amide bonds. The van der Waals surface area contributed by atoms with Crippen LogP contribution in [0.25, 0.3) is 11.3 Å². The summed E-state index contributed by atoms with van der Waals surface area (Å²) in [6, 6.07) is 15.8. The van der Waals surface area contributed by atoms with Crippen LogP contribution in [-0.4, -0.2) is 27.0 Å². The van der Waals surface area contributed by atoms with Crippen molar-refractivity contribution < 1.29 is 9.18 Å². The van der Waals surface area contributed by atoms with E-state index in [2.05, 4.69) is 10.2 Å². The smallest absolute Gasteiger partial charge is 0.273 e. The number of carbonyl (C=O) groups is 1. The molecule has 0 saturated heterocycles. The lowest BCUT2D eigenvalue weighted by molar-refractivity contribution is 0.0687. The molecule has 1 aromatic heterocycles. The summed E-state index contributed by atoms with van der Waals surface area (Å²) in [6.45, 7) is 3.93. The van der Waals surface area contributed by atoms with E-state index in [1.54, 1.807) is 11.0 Å². The van der Waals surface area contributed by atoms with Crippen molar-refractivity contribution in [2.45, 2.75) is 25.9 Å². The average Bonchev–Trinajstić information content (AvgIpc) is 3.15. The van der Waals surface area contributed by atoms with Gasteiger partial charge in [-0.15, -0.1) is 0 Å². The first-order valence-electron chi connectivity index (χ1n) is 8.29. The van der Waals surface area contributed by atoms with Gasteiger partial charge >= 0.3 is 0 Å². The fourth-order valence-electron chi connectivity index (χ4n) is 3.52. The molecular formula is C20H18FN3O. The Morgan fingerprint density at radius 2 is 1.88 bits per heavy atom. The van der Waals surface area contributed by atoms with Crippen molar-refractivity contribution in [3.8, 4) is 11.3 Å². The van der Waals surface area contributed by atoms with Gasteiger partial charge in [0.2, 0.25) is 0 Å². The van der Waals surface area contributed by atoms with Crippen molar-refractivity contribution in [1.29, 1.82) is 0 Å². The number of aromatic amines is 1. The number of fused-ring (bicyclic) bond motifs is 1. The Hall–Kier alpha value is -2.95. The standard InChI is InChI=1S/C20H18FN3O/c1-12(2)24-19(14-9-6-10-15(21)11-14)16-17(13-7-4-3-5-8-13)22-23-18(16)20(24)25/h3-12,19H,1-2H3,(H,22,23). The molecule has 0 fully saturated rings. The van der Waals surface area contributed by atoms with Crippen molar-refractivity contribution in [2.24, 2.45) is 0 Å². The largest absolute Gasteiger partial charge is 0.324 e. The van der Waals surface area contributed by atoms with Crippen LogP contribution in [0.1, 0.15) is 41.5 Å². The normalized spacial score (nSPS) is 16.6. The van der Waals surface area contributed by atoms with E-state index in [9.17, 15) is 9.18 Å². The molecule has 1 aliphatic heterocycles. The monoisotopic (exact) mass is 335 g/mol. The van der Waals surface area contributed by atoms with Crippen LogP contribution < -0.4 is 0 Å². The van der Waals surface area contributed by atoms with Crippen LogP contribution >= 0.6 is 0 Å². The van der Waals surface area contributed by atoms with Crippen LogP contribution in [-0.2, 0) is 0 Å². The fraction of sp³-hybridized carbons (Fsp3) is 0.200. The molecule has 126 valence electrons. The highest BCUT2D eigenvalue weighted by Crippen LogP contribution is 2.43. The highest BCUT2D eigenvalue weighted by Gasteiger charge is 2.43. The third-order valence-electron chi connectivity index (χ3n) is 4.57. The molecule has 0 saturated carbocycles. The highest BCUT2D eigenvalue weighted by atomic mass is 19.1. The summed E-state index contributed by atoms with van der Waals surface area (Å²) in [4.78, 5) is 14.7. The van der Waals surface area contributed by atoms with E-state index >= 15 is 0 Å². The van der Waals surface area contributed by atoms with Crippen molar-refractivity contribution in [3.05, 3.63) is 77.2 Å². The zero-order valence-electron chi connectivity index (χ0n) is 14.0. The maximum atomic E-state index is 13.8. The van der Waals surface area contributed by atoms with Gasteiger partial charge in [-0.3, -0.25) is 9.89 Å². The molecule has 5 heteroatoms. The van der Waals surface area contributed by atoms with E-state index in [0.717, 1.165) is 22.4 Å². The summed E-state index contributed by atoms with van der Waals surface area (Å²) in [7, 11) is 0. The predicted molar refractivity (Wildman–Crippen MR) is 93.6 cm³/mol. The van der Waals surface area contributed by atoms with Crippen molar-refractivity contribution in [2.75, 3.05) is 0 Å². The van der Waals surface area contributed by atoms with Crippen LogP contribution in [0.15, 0.2) is 54.6 Å². The van der Waals surface area contributed by atoms with Crippen LogP contribution in [0.2, 0.25) is 0 Å². The summed E-state index contributed by atoms with van der Waals surface area (Å²) in [5.41, 5.74) is 3.72. The minimum absolute atomic E-state index is 0.0230. The van der Waals surface area contributed by atoms with Crippen molar-refractivity contribution >= 4 is 5.91 Å². The molecule has 0 spiro atoms. The van der Waals surface area contributed by atoms with Gasteiger partial charge in [0.15, 0.2) is 0 Å². The minimum atomic E-state index is -0.354. The molecule has 0 aliphatic carbocycles. The van der Waals surface area contributed by atoms with Crippen LogP contribution in [0.3, 0.4) is 0 Å². The van der Waals surface area contributed by atoms with E-state index in [1.165, 1.54) is 12.1 Å². The molecule has 1 atom stereocenters. The second kappa shape index (κ2) is 5.84. The molecule has 0 radical (unpaired) electrons. The summed E-state index contributed by atoms with van der Waals surface area (Å²) in [5, 5.41) is 7.28. The average molecular weight is 335 g/mol. The number of carbonyl (C=O) groups excluding carboxylic acids is 1. The summed E-state index contributed by atoms with van der Waals surface area (Å²) in [5.74, 6) is -0.416. The number of rotatable bonds is 3. The Morgan fingerprint density at radius 3 is 2.56 bits per heavy atom. The van der Waals surface area contributed by atoms with Gasteiger partial charge in [-0.2, -0.15) is 5.10 Å².